The van der Waals surface area contributed by atoms with Gasteiger partial charge in [-0.05, 0) is 48.5 Å². The van der Waals surface area contributed by atoms with Gasteiger partial charge < -0.3 is 9.15 Å². The van der Waals surface area contributed by atoms with Crippen molar-refractivity contribution in [2.45, 2.75) is 0 Å². The molecule has 0 bridgehead atoms. The molecule has 0 aliphatic carbocycles. The van der Waals surface area contributed by atoms with Crippen LogP contribution in [0.5, 0.6) is 5.75 Å². The molecule has 3 aromatic rings. The van der Waals surface area contributed by atoms with Crippen LogP contribution in [0.15, 0.2) is 58.0 Å². The van der Waals surface area contributed by atoms with E-state index in [-0.39, 0.29) is 6.61 Å². The standard InChI is InChI=1S/C19H12Cl4N2O3/c20-12-2-5-18(16(23)8-12)27-10-19(26)25-24-9-13-3-6-17(28-13)11-1-4-14(21)15(22)7-11/h1-9H,10H2,(H,25,26)/b24-9+. The summed E-state index contributed by atoms with van der Waals surface area (Å²) in [6.07, 6.45) is 1.37. The van der Waals surface area contributed by atoms with Crippen molar-refractivity contribution in [1.82, 2.24) is 5.43 Å². The first-order chi connectivity index (χ1) is 13.4. The molecule has 0 saturated heterocycles. The van der Waals surface area contributed by atoms with Gasteiger partial charge in [0.1, 0.15) is 17.3 Å². The summed E-state index contributed by atoms with van der Waals surface area (Å²) in [4.78, 5) is 11.8. The number of rotatable bonds is 6. The highest BCUT2D eigenvalue weighted by Crippen LogP contribution is 2.29. The highest BCUT2D eigenvalue weighted by atomic mass is 35.5. The third-order valence-corrected chi connectivity index (χ3v) is 4.73. The molecule has 1 aromatic heterocycles. The van der Waals surface area contributed by atoms with Crippen molar-refractivity contribution in [2.75, 3.05) is 6.61 Å². The Morgan fingerprint density at radius 2 is 1.82 bits per heavy atom. The fourth-order valence-corrected chi connectivity index (χ4v) is 2.92. The van der Waals surface area contributed by atoms with Crippen molar-refractivity contribution in [1.29, 1.82) is 0 Å². The second-order valence-electron chi connectivity index (χ2n) is 5.49. The second-order valence-corrected chi connectivity index (χ2v) is 7.15. The number of amides is 1. The maximum Gasteiger partial charge on any atom is 0.277 e. The molecule has 1 amide bonds. The lowest BCUT2D eigenvalue weighted by Crippen LogP contribution is -2.24. The van der Waals surface area contributed by atoms with E-state index in [1.54, 1.807) is 42.5 Å². The zero-order chi connectivity index (χ0) is 20.1. The second kappa shape index (κ2) is 9.34. The van der Waals surface area contributed by atoms with E-state index < -0.39 is 5.91 Å². The molecule has 0 fully saturated rings. The van der Waals surface area contributed by atoms with Gasteiger partial charge in [0, 0.05) is 10.6 Å². The van der Waals surface area contributed by atoms with Gasteiger partial charge in [-0.3, -0.25) is 4.79 Å². The summed E-state index contributed by atoms with van der Waals surface area (Å²) in [6, 6.07) is 13.3. The molecule has 0 spiro atoms. The molecule has 0 unspecified atom stereocenters. The average molecular weight is 458 g/mol. The summed E-state index contributed by atoms with van der Waals surface area (Å²) in [5.74, 6) is 0.927. The van der Waals surface area contributed by atoms with E-state index in [9.17, 15) is 4.79 Å². The Kier molecular flexibility index (Phi) is 6.86. The number of hydrazone groups is 1. The van der Waals surface area contributed by atoms with Crippen LogP contribution in [0.3, 0.4) is 0 Å². The molecule has 0 aliphatic heterocycles. The van der Waals surface area contributed by atoms with Gasteiger partial charge in [0.15, 0.2) is 6.61 Å². The average Bonchev–Trinajstić information content (AvgIpc) is 3.12. The molecule has 5 nitrogen and oxygen atoms in total. The zero-order valence-electron chi connectivity index (χ0n) is 14.1. The van der Waals surface area contributed by atoms with Crippen LogP contribution in [0.2, 0.25) is 20.1 Å². The molecule has 0 saturated carbocycles. The van der Waals surface area contributed by atoms with Crippen LogP contribution < -0.4 is 10.2 Å². The van der Waals surface area contributed by atoms with Crippen LogP contribution in [-0.2, 0) is 4.79 Å². The smallest absolute Gasteiger partial charge is 0.277 e. The number of hydrogen-bond donors (Lipinski definition) is 1. The van der Waals surface area contributed by atoms with E-state index >= 15 is 0 Å². The van der Waals surface area contributed by atoms with Gasteiger partial charge in [-0.1, -0.05) is 46.4 Å². The number of carbonyl (C=O) groups is 1. The van der Waals surface area contributed by atoms with Crippen molar-refractivity contribution >= 4 is 58.5 Å². The number of ether oxygens (including phenoxy) is 1. The summed E-state index contributed by atoms with van der Waals surface area (Å²) in [5, 5.41) is 5.51. The number of nitrogens with one attached hydrogen (secondary N) is 1. The van der Waals surface area contributed by atoms with Crippen molar-refractivity contribution in [3.63, 3.8) is 0 Å². The fourth-order valence-electron chi connectivity index (χ4n) is 2.16. The molecule has 144 valence electrons. The van der Waals surface area contributed by atoms with Crippen molar-refractivity contribution < 1.29 is 13.9 Å². The molecule has 0 aliphatic rings. The SMILES string of the molecule is O=C(COc1ccc(Cl)cc1Cl)N/N=C/c1ccc(-c2ccc(Cl)c(Cl)c2)o1. The summed E-state index contributed by atoms with van der Waals surface area (Å²) in [7, 11) is 0. The molecular formula is C19H12Cl4N2O3. The Balaban J connectivity index is 1.53. The van der Waals surface area contributed by atoms with Crippen LogP contribution in [0.4, 0.5) is 0 Å². The quantitative estimate of drug-likeness (QED) is 0.359. The maximum absolute atomic E-state index is 11.8. The monoisotopic (exact) mass is 456 g/mol. The van der Waals surface area contributed by atoms with Crippen LogP contribution in [0.1, 0.15) is 5.76 Å². The van der Waals surface area contributed by atoms with Gasteiger partial charge >= 0.3 is 0 Å². The lowest BCUT2D eigenvalue weighted by Gasteiger charge is -2.06. The van der Waals surface area contributed by atoms with E-state index in [0.717, 1.165) is 5.56 Å². The highest BCUT2D eigenvalue weighted by Gasteiger charge is 2.08. The Morgan fingerprint density at radius 3 is 2.57 bits per heavy atom. The van der Waals surface area contributed by atoms with Gasteiger partial charge in [0.25, 0.3) is 5.91 Å². The Labute approximate surface area is 180 Å². The van der Waals surface area contributed by atoms with Crippen LogP contribution in [0.25, 0.3) is 11.3 Å². The van der Waals surface area contributed by atoms with E-state index in [1.165, 1.54) is 12.3 Å². The first-order valence-electron chi connectivity index (χ1n) is 7.87. The molecule has 2 aromatic carbocycles. The molecule has 9 heteroatoms. The van der Waals surface area contributed by atoms with Gasteiger partial charge in [-0.25, -0.2) is 5.43 Å². The lowest BCUT2D eigenvalue weighted by molar-refractivity contribution is -0.123. The minimum Gasteiger partial charge on any atom is -0.482 e. The lowest BCUT2D eigenvalue weighted by atomic mass is 10.2. The zero-order valence-corrected chi connectivity index (χ0v) is 17.1. The maximum atomic E-state index is 11.8. The summed E-state index contributed by atoms with van der Waals surface area (Å²) in [6.45, 7) is -0.259. The Hall–Kier alpha value is -2.18. The number of hydrogen-bond acceptors (Lipinski definition) is 4. The molecule has 0 radical (unpaired) electrons. The Morgan fingerprint density at radius 1 is 1.00 bits per heavy atom. The van der Waals surface area contributed by atoms with E-state index in [1.807, 2.05) is 0 Å². The van der Waals surface area contributed by atoms with Crippen LogP contribution in [-0.4, -0.2) is 18.7 Å². The number of halogens is 4. The summed E-state index contributed by atoms with van der Waals surface area (Å²) in [5.41, 5.74) is 3.11. The molecular weight excluding hydrogens is 446 g/mol. The number of nitrogens with zero attached hydrogens (tertiary/aromatic N) is 1. The van der Waals surface area contributed by atoms with Crippen molar-refractivity contribution in [2.24, 2.45) is 5.10 Å². The van der Waals surface area contributed by atoms with Crippen molar-refractivity contribution in [3.8, 4) is 17.1 Å². The molecule has 3 rings (SSSR count). The van der Waals surface area contributed by atoms with Crippen LogP contribution >= 0.6 is 46.4 Å². The predicted molar refractivity (Wildman–Crippen MR) is 112 cm³/mol. The summed E-state index contributed by atoms with van der Waals surface area (Å²) >= 11 is 23.7. The largest absolute Gasteiger partial charge is 0.482 e. The highest BCUT2D eigenvalue weighted by molar-refractivity contribution is 6.42. The summed E-state index contributed by atoms with van der Waals surface area (Å²) < 4.78 is 11.0. The van der Waals surface area contributed by atoms with Crippen LogP contribution in [0, 0.1) is 0 Å². The van der Waals surface area contributed by atoms with E-state index in [2.05, 4.69) is 10.5 Å². The normalized spacial score (nSPS) is 11.0. The predicted octanol–water partition coefficient (Wildman–Crippen LogP) is 6.09. The van der Waals surface area contributed by atoms with Gasteiger partial charge in [0.2, 0.25) is 0 Å². The third kappa shape index (κ3) is 5.42. The Bertz CT molecular complexity index is 1030. The first-order valence-corrected chi connectivity index (χ1v) is 9.38. The minimum absolute atomic E-state index is 0.259. The first kappa shape index (κ1) is 20.6. The number of benzene rings is 2. The van der Waals surface area contributed by atoms with Gasteiger partial charge in [0.05, 0.1) is 21.3 Å². The number of furan rings is 1. The molecule has 0 atom stereocenters. The van der Waals surface area contributed by atoms with Gasteiger partial charge in [-0.2, -0.15) is 5.10 Å². The van der Waals surface area contributed by atoms with E-state index in [4.69, 9.17) is 55.6 Å². The number of carbonyl (C=O) groups excluding carboxylic acids is 1. The topological polar surface area (TPSA) is 63.8 Å². The minimum atomic E-state index is -0.460. The molecule has 1 N–H and O–H groups in total. The third-order valence-electron chi connectivity index (χ3n) is 3.46. The molecule has 28 heavy (non-hydrogen) atoms. The van der Waals surface area contributed by atoms with Gasteiger partial charge in [-0.15, -0.1) is 0 Å². The molecule has 1 heterocycles. The fraction of sp³-hybridized carbons (Fsp3) is 0.0526. The van der Waals surface area contributed by atoms with E-state index in [0.29, 0.717) is 37.4 Å². The van der Waals surface area contributed by atoms with Crippen molar-refractivity contribution in [3.05, 3.63) is 74.4 Å².